The number of anilines is 1. The zero-order valence-electron chi connectivity index (χ0n) is 15.5. The lowest BCUT2D eigenvalue weighted by Crippen LogP contribution is -2.31. The summed E-state index contributed by atoms with van der Waals surface area (Å²) in [4.78, 5) is 31.1. The van der Waals surface area contributed by atoms with Crippen LogP contribution in [0.3, 0.4) is 0 Å². The molecule has 8 heteroatoms. The van der Waals surface area contributed by atoms with Crippen LogP contribution in [-0.2, 0) is 24.2 Å². The Hall–Kier alpha value is -1.64. The summed E-state index contributed by atoms with van der Waals surface area (Å²) < 4.78 is 2.76. The fourth-order valence-corrected chi connectivity index (χ4v) is 4.24. The number of nitrogens with zero attached hydrogens (tertiary/aromatic N) is 3. The molecule has 0 aliphatic heterocycles. The Kier molecular flexibility index (Phi) is 6.73. The van der Waals surface area contributed by atoms with Crippen molar-refractivity contribution < 1.29 is 4.79 Å². The molecule has 6 nitrogen and oxygen atoms in total. The Morgan fingerprint density at radius 1 is 1.30 bits per heavy atom. The zero-order valence-corrected chi connectivity index (χ0v) is 17.9. The van der Waals surface area contributed by atoms with Gasteiger partial charge in [-0.1, -0.05) is 27.7 Å². The van der Waals surface area contributed by atoms with E-state index in [1.807, 2.05) is 38.4 Å². The van der Waals surface area contributed by atoms with Crippen molar-refractivity contribution in [1.29, 1.82) is 0 Å². The second-order valence-electron chi connectivity index (χ2n) is 6.78. The van der Waals surface area contributed by atoms with Crippen LogP contribution in [0.25, 0.3) is 0 Å². The summed E-state index contributed by atoms with van der Waals surface area (Å²) in [5.74, 6) is 0.129. The number of thioether (sulfide) groups is 1. The van der Waals surface area contributed by atoms with E-state index in [1.165, 1.54) is 11.8 Å². The van der Waals surface area contributed by atoms with Crippen LogP contribution in [0.4, 0.5) is 5.69 Å². The molecule has 27 heavy (non-hydrogen) atoms. The van der Waals surface area contributed by atoms with Gasteiger partial charge in [0.2, 0.25) is 5.91 Å². The Morgan fingerprint density at radius 2 is 2.04 bits per heavy atom. The Labute approximate surface area is 171 Å². The second kappa shape index (κ2) is 9.03. The van der Waals surface area contributed by atoms with E-state index in [2.05, 4.69) is 31.1 Å². The monoisotopic (exact) mass is 450 g/mol. The van der Waals surface area contributed by atoms with Crippen LogP contribution in [0, 0.1) is 0 Å². The second-order valence-corrected chi connectivity index (χ2v) is 8.66. The summed E-state index contributed by atoms with van der Waals surface area (Å²) in [6.45, 7) is 1.45. The van der Waals surface area contributed by atoms with Gasteiger partial charge >= 0.3 is 5.69 Å². The highest BCUT2D eigenvalue weighted by atomic mass is 79.9. The summed E-state index contributed by atoms with van der Waals surface area (Å²) in [5.41, 5.74) is 2.76. The molecule has 1 aromatic carbocycles. The van der Waals surface area contributed by atoms with Crippen LogP contribution < -0.4 is 11.0 Å². The van der Waals surface area contributed by atoms with Crippen LogP contribution >= 0.6 is 27.7 Å². The number of carbonyl (C=O) groups is 1. The molecular weight excluding hydrogens is 428 g/mol. The van der Waals surface area contributed by atoms with Gasteiger partial charge in [-0.15, -0.1) is 0 Å². The highest BCUT2D eigenvalue weighted by Gasteiger charge is 2.22. The van der Waals surface area contributed by atoms with E-state index in [1.54, 1.807) is 4.57 Å². The van der Waals surface area contributed by atoms with E-state index in [0.717, 1.165) is 47.2 Å². The Morgan fingerprint density at radius 3 is 2.74 bits per heavy atom. The predicted molar refractivity (Wildman–Crippen MR) is 113 cm³/mol. The maximum Gasteiger partial charge on any atom is 0.348 e. The molecule has 3 rings (SSSR count). The molecule has 1 heterocycles. The van der Waals surface area contributed by atoms with Crippen LogP contribution in [0.1, 0.15) is 17.7 Å². The van der Waals surface area contributed by atoms with Crippen molar-refractivity contribution in [3.05, 3.63) is 50.5 Å². The normalized spacial score (nSPS) is 13.0. The maximum atomic E-state index is 12.5. The number of hydrogen-bond donors (Lipinski definition) is 1. The van der Waals surface area contributed by atoms with Gasteiger partial charge < -0.3 is 10.2 Å². The summed E-state index contributed by atoms with van der Waals surface area (Å²) >= 11 is 4.72. The quantitative estimate of drug-likeness (QED) is 0.518. The summed E-state index contributed by atoms with van der Waals surface area (Å²) in [5, 5.41) is 3.58. The standard InChI is InChI=1S/C19H23BrN4O2S/c1-23(2)10-11-24-16-5-3-4-15(16)18(22-19(24)26)27-12-17(25)21-14-8-6-13(20)7-9-14/h6-9H,3-5,10-12H2,1-2H3,(H,21,25). The molecule has 1 N–H and O–H groups in total. The van der Waals surface area contributed by atoms with E-state index in [0.29, 0.717) is 11.6 Å². The summed E-state index contributed by atoms with van der Waals surface area (Å²) in [6.07, 6.45) is 2.85. The average molecular weight is 451 g/mol. The van der Waals surface area contributed by atoms with Crippen molar-refractivity contribution in [3.63, 3.8) is 0 Å². The van der Waals surface area contributed by atoms with Gasteiger partial charge in [0.25, 0.3) is 0 Å². The number of halogens is 1. The van der Waals surface area contributed by atoms with Crippen molar-refractivity contribution in [2.24, 2.45) is 0 Å². The van der Waals surface area contributed by atoms with Gasteiger partial charge in [0.05, 0.1) is 5.75 Å². The SMILES string of the molecule is CN(C)CCn1c2c(c(SCC(=O)Nc3ccc(Br)cc3)nc1=O)CCC2. The zero-order chi connectivity index (χ0) is 19.4. The largest absolute Gasteiger partial charge is 0.348 e. The third-order valence-electron chi connectivity index (χ3n) is 4.44. The van der Waals surface area contributed by atoms with Crippen molar-refractivity contribution >= 4 is 39.3 Å². The number of hydrogen-bond acceptors (Lipinski definition) is 5. The minimum Gasteiger partial charge on any atom is -0.325 e. The highest BCUT2D eigenvalue weighted by Crippen LogP contribution is 2.29. The maximum absolute atomic E-state index is 12.5. The molecule has 0 bridgehead atoms. The van der Waals surface area contributed by atoms with Crippen molar-refractivity contribution in [2.75, 3.05) is 31.7 Å². The minimum absolute atomic E-state index is 0.104. The molecule has 0 saturated heterocycles. The molecule has 2 aromatic rings. The highest BCUT2D eigenvalue weighted by molar-refractivity contribution is 9.10. The number of benzene rings is 1. The molecule has 0 fully saturated rings. The first-order valence-corrected chi connectivity index (χ1v) is 10.7. The van der Waals surface area contributed by atoms with Crippen LogP contribution in [-0.4, -0.2) is 46.8 Å². The summed E-state index contributed by atoms with van der Waals surface area (Å²) in [6, 6.07) is 7.44. The van der Waals surface area contributed by atoms with Gasteiger partial charge in [0.15, 0.2) is 0 Å². The molecule has 0 atom stereocenters. The fourth-order valence-electron chi connectivity index (χ4n) is 3.10. The van der Waals surface area contributed by atoms with Gasteiger partial charge in [-0.25, -0.2) is 4.79 Å². The smallest absolute Gasteiger partial charge is 0.325 e. The average Bonchev–Trinajstić information content (AvgIpc) is 3.10. The van der Waals surface area contributed by atoms with Gasteiger partial charge in [-0.2, -0.15) is 4.98 Å². The molecule has 0 unspecified atom stereocenters. The number of likely N-dealkylation sites (N-methyl/N-ethyl adjacent to an activating group) is 1. The van der Waals surface area contributed by atoms with Gasteiger partial charge in [0, 0.05) is 34.5 Å². The number of nitrogens with one attached hydrogen (secondary N) is 1. The third kappa shape index (κ3) is 5.21. The van der Waals surface area contributed by atoms with Crippen molar-refractivity contribution in [2.45, 2.75) is 30.8 Å². The molecule has 0 radical (unpaired) electrons. The Bertz CT molecular complexity index is 881. The molecule has 1 aromatic heterocycles. The predicted octanol–water partition coefficient (Wildman–Crippen LogP) is 2.79. The van der Waals surface area contributed by atoms with E-state index in [-0.39, 0.29) is 17.3 Å². The molecular formula is C19H23BrN4O2S. The molecule has 0 spiro atoms. The van der Waals surface area contributed by atoms with Gasteiger partial charge in [-0.3, -0.25) is 9.36 Å². The fraction of sp³-hybridized carbons (Fsp3) is 0.421. The van der Waals surface area contributed by atoms with Gasteiger partial charge in [0.1, 0.15) is 5.03 Å². The molecule has 1 aliphatic rings. The van der Waals surface area contributed by atoms with Crippen LogP contribution in [0.15, 0.2) is 38.6 Å². The number of fused-ring (bicyclic) bond motifs is 1. The lowest BCUT2D eigenvalue weighted by Gasteiger charge is -2.16. The summed E-state index contributed by atoms with van der Waals surface area (Å²) in [7, 11) is 3.99. The molecule has 0 saturated carbocycles. The van der Waals surface area contributed by atoms with Crippen LogP contribution in [0.2, 0.25) is 0 Å². The third-order valence-corrected chi connectivity index (χ3v) is 5.99. The molecule has 1 aliphatic carbocycles. The first kappa shape index (κ1) is 20.1. The van der Waals surface area contributed by atoms with E-state index in [4.69, 9.17) is 0 Å². The number of rotatable bonds is 7. The molecule has 144 valence electrons. The minimum atomic E-state index is -0.215. The lowest BCUT2D eigenvalue weighted by molar-refractivity contribution is -0.113. The van der Waals surface area contributed by atoms with E-state index < -0.39 is 0 Å². The first-order valence-electron chi connectivity index (χ1n) is 8.89. The number of carbonyl (C=O) groups excluding carboxylic acids is 1. The van der Waals surface area contributed by atoms with Crippen molar-refractivity contribution in [3.8, 4) is 0 Å². The lowest BCUT2D eigenvalue weighted by atomic mass is 10.2. The topological polar surface area (TPSA) is 67.2 Å². The number of aromatic nitrogens is 2. The first-order chi connectivity index (χ1) is 12.9. The number of amides is 1. The van der Waals surface area contributed by atoms with E-state index >= 15 is 0 Å². The molecule has 1 amide bonds. The van der Waals surface area contributed by atoms with Crippen LogP contribution in [0.5, 0.6) is 0 Å². The van der Waals surface area contributed by atoms with E-state index in [9.17, 15) is 9.59 Å². The van der Waals surface area contributed by atoms with Gasteiger partial charge in [-0.05, 0) is 57.6 Å². The Balaban J connectivity index is 1.69. The van der Waals surface area contributed by atoms with Crippen molar-refractivity contribution in [1.82, 2.24) is 14.5 Å².